The maximum Gasteiger partial charge on any atom is 0.309 e. The predicted octanol–water partition coefficient (Wildman–Crippen LogP) is 5.29. The van der Waals surface area contributed by atoms with E-state index in [1.54, 1.807) is 6.08 Å². The number of benzene rings is 3. The van der Waals surface area contributed by atoms with Crippen LogP contribution < -0.4 is 0 Å². The van der Waals surface area contributed by atoms with Gasteiger partial charge in [-0.25, -0.2) is 0 Å². The number of hydrogen-bond donors (Lipinski definition) is 0. The molecule has 0 aliphatic carbocycles. The van der Waals surface area contributed by atoms with Crippen LogP contribution >= 0.6 is 0 Å². The number of allylic oxidation sites excluding steroid dienone is 1. The van der Waals surface area contributed by atoms with Gasteiger partial charge in [-0.2, -0.15) is 0 Å². The zero-order valence-electron chi connectivity index (χ0n) is 21.6. The van der Waals surface area contributed by atoms with Crippen molar-refractivity contribution in [2.75, 3.05) is 6.54 Å². The lowest BCUT2D eigenvalue weighted by molar-refractivity contribution is -0.144. The number of likely N-dealkylation sites (tertiary alicyclic amines) is 1. The maximum atomic E-state index is 13.3. The molecule has 0 radical (unpaired) electrons. The fourth-order valence-electron chi connectivity index (χ4n) is 4.56. The molecule has 3 aromatic rings. The van der Waals surface area contributed by atoms with Gasteiger partial charge in [-0.15, -0.1) is 0 Å². The SMILES string of the molecule is O=C(C/C=C/CCCN1C(=O)C[C@H](N(Cc2ccccc2)Cc2ccccc2)C1=O)OCc1ccccc1. The zero-order chi connectivity index (χ0) is 26.6. The molecule has 0 N–H and O–H groups in total. The largest absolute Gasteiger partial charge is 0.461 e. The summed E-state index contributed by atoms with van der Waals surface area (Å²) >= 11 is 0. The minimum absolute atomic E-state index is 0.125. The molecule has 4 rings (SSSR count). The highest BCUT2D eigenvalue weighted by Crippen LogP contribution is 2.23. The number of rotatable bonds is 13. The number of ether oxygens (including phenoxy) is 1. The van der Waals surface area contributed by atoms with Gasteiger partial charge in [0.1, 0.15) is 6.61 Å². The summed E-state index contributed by atoms with van der Waals surface area (Å²) in [7, 11) is 0. The van der Waals surface area contributed by atoms with Gasteiger partial charge in [0.25, 0.3) is 0 Å². The molecule has 0 saturated carbocycles. The molecule has 1 aliphatic heterocycles. The van der Waals surface area contributed by atoms with Crippen molar-refractivity contribution in [3.8, 4) is 0 Å². The molecular formula is C32H34N2O4. The van der Waals surface area contributed by atoms with Crippen LogP contribution in [0.25, 0.3) is 0 Å². The van der Waals surface area contributed by atoms with Crippen LogP contribution in [0.5, 0.6) is 0 Å². The Morgan fingerprint density at radius 2 is 1.37 bits per heavy atom. The van der Waals surface area contributed by atoms with Crippen LogP contribution in [-0.4, -0.2) is 40.2 Å². The van der Waals surface area contributed by atoms with Gasteiger partial charge in [0.2, 0.25) is 11.8 Å². The minimum Gasteiger partial charge on any atom is -0.461 e. The summed E-state index contributed by atoms with van der Waals surface area (Å²) in [4.78, 5) is 41.6. The molecule has 38 heavy (non-hydrogen) atoms. The normalized spacial score (nSPS) is 15.5. The minimum atomic E-state index is -0.474. The van der Waals surface area contributed by atoms with Gasteiger partial charge in [-0.1, -0.05) is 103 Å². The molecule has 1 fully saturated rings. The second-order valence-corrected chi connectivity index (χ2v) is 9.44. The Balaban J connectivity index is 1.26. The van der Waals surface area contributed by atoms with Gasteiger partial charge in [0.05, 0.1) is 18.9 Å². The van der Waals surface area contributed by atoms with E-state index in [0.29, 0.717) is 32.5 Å². The quantitative estimate of drug-likeness (QED) is 0.135. The van der Waals surface area contributed by atoms with Crippen LogP contribution in [0.3, 0.4) is 0 Å². The van der Waals surface area contributed by atoms with E-state index in [4.69, 9.17) is 4.74 Å². The van der Waals surface area contributed by atoms with E-state index >= 15 is 0 Å². The van der Waals surface area contributed by atoms with E-state index in [9.17, 15) is 14.4 Å². The second-order valence-electron chi connectivity index (χ2n) is 9.44. The summed E-state index contributed by atoms with van der Waals surface area (Å²) in [6, 6.07) is 29.1. The monoisotopic (exact) mass is 510 g/mol. The molecule has 0 unspecified atom stereocenters. The molecule has 6 heteroatoms. The Hall–Kier alpha value is -4.03. The lowest BCUT2D eigenvalue weighted by Gasteiger charge is -2.27. The van der Waals surface area contributed by atoms with Crippen molar-refractivity contribution in [1.82, 2.24) is 9.80 Å². The predicted molar refractivity (Wildman–Crippen MR) is 146 cm³/mol. The number of carbonyl (C=O) groups is 3. The van der Waals surface area contributed by atoms with Crippen molar-refractivity contribution in [3.63, 3.8) is 0 Å². The average Bonchev–Trinajstić information content (AvgIpc) is 3.23. The van der Waals surface area contributed by atoms with E-state index in [0.717, 1.165) is 16.7 Å². The molecule has 1 atom stereocenters. The summed E-state index contributed by atoms with van der Waals surface area (Å²) < 4.78 is 5.27. The summed E-state index contributed by atoms with van der Waals surface area (Å²) in [6.07, 6.45) is 5.41. The summed E-state index contributed by atoms with van der Waals surface area (Å²) in [5.41, 5.74) is 3.17. The van der Waals surface area contributed by atoms with E-state index in [1.165, 1.54) is 4.90 Å². The number of unbranched alkanes of at least 4 members (excludes halogenated alkanes) is 1. The number of amides is 2. The molecule has 2 amide bonds. The van der Waals surface area contributed by atoms with Crippen molar-refractivity contribution in [2.24, 2.45) is 0 Å². The highest BCUT2D eigenvalue weighted by Gasteiger charge is 2.41. The summed E-state index contributed by atoms with van der Waals surface area (Å²) in [5.74, 6) is -0.537. The first-order valence-corrected chi connectivity index (χ1v) is 13.1. The Kier molecular flexibility index (Phi) is 9.99. The van der Waals surface area contributed by atoms with E-state index in [-0.39, 0.29) is 37.2 Å². The zero-order valence-corrected chi connectivity index (χ0v) is 21.6. The lowest BCUT2D eigenvalue weighted by Crippen LogP contribution is -2.41. The van der Waals surface area contributed by atoms with Gasteiger partial charge in [-0.05, 0) is 29.5 Å². The Morgan fingerprint density at radius 1 is 0.816 bits per heavy atom. The van der Waals surface area contributed by atoms with E-state index in [1.807, 2.05) is 97.1 Å². The van der Waals surface area contributed by atoms with Gasteiger partial charge >= 0.3 is 5.97 Å². The van der Waals surface area contributed by atoms with Crippen molar-refractivity contribution in [1.29, 1.82) is 0 Å². The van der Waals surface area contributed by atoms with E-state index in [2.05, 4.69) is 4.90 Å². The summed E-state index contributed by atoms with van der Waals surface area (Å²) in [6.45, 7) is 1.83. The topological polar surface area (TPSA) is 66.9 Å². The number of hydrogen-bond acceptors (Lipinski definition) is 5. The van der Waals surface area contributed by atoms with Crippen molar-refractivity contribution in [2.45, 2.75) is 51.4 Å². The molecule has 0 bridgehead atoms. The molecule has 1 saturated heterocycles. The summed E-state index contributed by atoms with van der Waals surface area (Å²) in [5, 5.41) is 0. The van der Waals surface area contributed by atoms with Crippen LogP contribution in [0.2, 0.25) is 0 Å². The van der Waals surface area contributed by atoms with Crippen molar-refractivity contribution in [3.05, 3.63) is 120 Å². The number of nitrogens with zero attached hydrogens (tertiary/aromatic N) is 2. The smallest absolute Gasteiger partial charge is 0.309 e. The molecule has 0 spiro atoms. The molecule has 6 nitrogen and oxygen atoms in total. The fourth-order valence-corrected chi connectivity index (χ4v) is 4.56. The maximum absolute atomic E-state index is 13.3. The molecular weight excluding hydrogens is 476 g/mol. The van der Waals surface area contributed by atoms with Gasteiger partial charge < -0.3 is 4.74 Å². The Labute approximate surface area is 224 Å². The van der Waals surface area contributed by atoms with Crippen LogP contribution in [0.1, 0.15) is 42.4 Å². The third-order valence-electron chi connectivity index (χ3n) is 6.56. The Morgan fingerprint density at radius 3 is 1.95 bits per heavy atom. The van der Waals surface area contributed by atoms with Crippen molar-refractivity contribution < 1.29 is 19.1 Å². The number of imide groups is 1. The molecule has 0 aromatic heterocycles. The van der Waals surface area contributed by atoms with Crippen LogP contribution in [0, 0.1) is 0 Å². The highest BCUT2D eigenvalue weighted by molar-refractivity contribution is 6.05. The standard InChI is InChI=1S/C32H34N2O4/c35-30-22-29(33(23-26-14-6-3-7-15-26)24-27-16-8-4-9-17-27)32(37)34(30)21-13-2-1-12-20-31(36)38-25-28-18-10-5-11-19-28/h1,3-12,14-19,29H,2,13,20-25H2/b12-1+/t29-/m0/s1. The highest BCUT2D eigenvalue weighted by atomic mass is 16.5. The molecule has 196 valence electrons. The van der Waals surface area contributed by atoms with Crippen LogP contribution in [0.4, 0.5) is 0 Å². The number of esters is 1. The third kappa shape index (κ3) is 7.98. The van der Waals surface area contributed by atoms with Gasteiger partial charge in [-0.3, -0.25) is 24.2 Å². The van der Waals surface area contributed by atoms with Gasteiger partial charge in [0, 0.05) is 19.6 Å². The molecule has 3 aromatic carbocycles. The fraction of sp³-hybridized carbons (Fsp3) is 0.281. The second kappa shape index (κ2) is 14.1. The lowest BCUT2D eigenvalue weighted by atomic mass is 10.1. The first-order valence-electron chi connectivity index (χ1n) is 13.1. The van der Waals surface area contributed by atoms with Crippen LogP contribution in [0.15, 0.2) is 103 Å². The number of carbonyl (C=O) groups excluding carboxylic acids is 3. The molecule has 1 aliphatic rings. The van der Waals surface area contributed by atoms with Gasteiger partial charge in [0.15, 0.2) is 0 Å². The first kappa shape index (κ1) is 27.0. The average molecular weight is 511 g/mol. The van der Waals surface area contributed by atoms with E-state index < -0.39 is 6.04 Å². The molecule has 1 heterocycles. The third-order valence-corrected chi connectivity index (χ3v) is 6.56. The van der Waals surface area contributed by atoms with Crippen molar-refractivity contribution >= 4 is 17.8 Å². The first-order chi connectivity index (χ1) is 18.6. The van der Waals surface area contributed by atoms with Crippen LogP contribution in [-0.2, 0) is 38.8 Å². The Bertz CT molecular complexity index is 1170.